The number of benzene rings is 2. The molecule has 3 rings (SSSR count). The Morgan fingerprint density at radius 3 is 2.25 bits per heavy atom. The molecule has 0 fully saturated rings. The van der Waals surface area contributed by atoms with Crippen molar-refractivity contribution in [3.05, 3.63) is 65.6 Å². The second-order valence-corrected chi connectivity index (χ2v) is 6.22. The van der Waals surface area contributed by atoms with Crippen molar-refractivity contribution in [1.82, 2.24) is 4.90 Å². The van der Waals surface area contributed by atoms with E-state index in [1.54, 1.807) is 38.5 Å². The smallest absolute Gasteiger partial charge is 0.278 e. The lowest BCUT2D eigenvalue weighted by Crippen LogP contribution is -2.33. The number of carbonyl (C=O) groups excluding carboxylic acids is 2. The van der Waals surface area contributed by atoms with Gasteiger partial charge in [0, 0.05) is 25.9 Å². The maximum Gasteiger partial charge on any atom is 0.278 e. The Morgan fingerprint density at radius 2 is 1.64 bits per heavy atom. The van der Waals surface area contributed by atoms with E-state index in [1.807, 2.05) is 0 Å². The topological polar surface area (TPSA) is 67.9 Å². The lowest BCUT2D eigenvalue weighted by molar-refractivity contribution is -0.136. The molecule has 0 aromatic heterocycles. The number of ether oxygens (including phenoxy) is 2. The van der Waals surface area contributed by atoms with Crippen LogP contribution in [0.1, 0.15) is 12.0 Å². The summed E-state index contributed by atoms with van der Waals surface area (Å²) in [6.45, 7) is 0.675. The fourth-order valence-electron chi connectivity index (χ4n) is 2.97. The first-order chi connectivity index (χ1) is 13.5. The second-order valence-electron chi connectivity index (χ2n) is 6.22. The van der Waals surface area contributed by atoms with Crippen LogP contribution in [0.3, 0.4) is 0 Å². The molecule has 2 amide bonds. The van der Waals surface area contributed by atoms with Gasteiger partial charge in [-0.3, -0.25) is 14.5 Å². The average molecular weight is 384 g/mol. The summed E-state index contributed by atoms with van der Waals surface area (Å²) in [5.74, 6) is -0.573. The summed E-state index contributed by atoms with van der Waals surface area (Å²) in [6.07, 6.45) is 0.528. The van der Waals surface area contributed by atoms with E-state index >= 15 is 0 Å². The normalized spacial score (nSPS) is 14.0. The molecule has 0 bridgehead atoms. The number of nitrogens with one attached hydrogen (secondary N) is 1. The van der Waals surface area contributed by atoms with Crippen LogP contribution in [0.25, 0.3) is 5.57 Å². The number of halogens is 1. The Labute approximate surface area is 162 Å². The van der Waals surface area contributed by atoms with E-state index in [0.717, 1.165) is 0 Å². The van der Waals surface area contributed by atoms with Crippen LogP contribution in [-0.2, 0) is 14.3 Å². The summed E-state index contributed by atoms with van der Waals surface area (Å²) in [5, 5.41) is 3.04. The summed E-state index contributed by atoms with van der Waals surface area (Å²) >= 11 is 0. The van der Waals surface area contributed by atoms with Crippen LogP contribution < -0.4 is 10.1 Å². The molecule has 7 heteroatoms. The van der Waals surface area contributed by atoms with Gasteiger partial charge in [-0.1, -0.05) is 12.1 Å². The third-order valence-corrected chi connectivity index (χ3v) is 4.39. The first-order valence-electron chi connectivity index (χ1n) is 8.81. The summed E-state index contributed by atoms with van der Waals surface area (Å²) in [6, 6.07) is 12.5. The zero-order chi connectivity index (χ0) is 20.1. The standard InChI is InChI=1S/C21H21FN2O4/c1-27-13-3-12-24-20(25)18(14-4-6-15(22)7-5-14)19(21(24)26)23-16-8-10-17(28-2)11-9-16/h4-11,23H,3,12-13H2,1-2H3. The minimum absolute atomic E-state index is 0.166. The Balaban J connectivity index is 1.96. The Morgan fingerprint density at radius 1 is 0.964 bits per heavy atom. The Bertz CT molecular complexity index is 892. The van der Waals surface area contributed by atoms with E-state index < -0.39 is 17.6 Å². The van der Waals surface area contributed by atoms with E-state index in [9.17, 15) is 14.0 Å². The fraction of sp³-hybridized carbons (Fsp3) is 0.238. The second kappa shape index (κ2) is 8.67. The molecule has 2 aromatic carbocycles. The van der Waals surface area contributed by atoms with Crippen molar-refractivity contribution in [3.63, 3.8) is 0 Å². The number of hydrogen-bond donors (Lipinski definition) is 1. The van der Waals surface area contributed by atoms with E-state index in [0.29, 0.717) is 30.0 Å². The van der Waals surface area contributed by atoms with Crippen LogP contribution in [0.2, 0.25) is 0 Å². The Hall–Kier alpha value is -3.19. The molecule has 0 saturated carbocycles. The largest absolute Gasteiger partial charge is 0.497 e. The molecule has 0 aliphatic carbocycles. The van der Waals surface area contributed by atoms with Crippen molar-refractivity contribution in [1.29, 1.82) is 0 Å². The van der Waals surface area contributed by atoms with Crippen LogP contribution in [0.4, 0.5) is 10.1 Å². The summed E-state index contributed by atoms with van der Waals surface area (Å²) in [7, 11) is 3.13. The highest BCUT2D eigenvalue weighted by Crippen LogP contribution is 2.31. The minimum atomic E-state index is -0.420. The molecule has 0 spiro atoms. The number of hydrogen-bond acceptors (Lipinski definition) is 5. The first-order valence-corrected chi connectivity index (χ1v) is 8.81. The molecular weight excluding hydrogens is 363 g/mol. The van der Waals surface area contributed by atoms with Crippen LogP contribution in [0.15, 0.2) is 54.2 Å². The van der Waals surface area contributed by atoms with Gasteiger partial charge in [0.15, 0.2) is 0 Å². The average Bonchev–Trinajstić information content (AvgIpc) is 2.94. The van der Waals surface area contributed by atoms with Crippen LogP contribution >= 0.6 is 0 Å². The molecule has 1 heterocycles. The molecule has 1 aliphatic heterocycles. The molecule has 0 saturated heterocycles. The number of rotatable bonds is 8. The van der Waals surface area contributed by atoms with E-state index in [1.165, 1.54) is 29.2 Å². The van der Waals surface area contributed by atoms with Gasteiger partial charge in [-0.05, 0) is 48.4 Å². The molecule has 28 heavy (non-hydrogen) atoms. The van der Waals surface area contributed by atoms with Gasteiger partial charge in [0.2, 0.25) is 0 Å². The van der Waals surface area contributed by atoms with Crippen molar-refractivity contribution in [2.24, 2.45) is 0 Å². The van der Waals surface area contributed by atoms with Gasteiger partial charge in [-0.25, -0.2) is 4.39 Å². The molecule has 2 aromatic rings. The lowest BCUT2D eigenvalue weighted by atomic mass is 10.0. The highest BCUT2D eigenvalue weighted by molar-refractivity contribution is 6.36. The van der Waals surface area contributed by atoms with E-state index in [-0.39, 0.29) is 17.8 Å². The number of nitrogens with zero attached hydrogens (tertiary/aromatic N) is 1. The van der Waals surface area contributed by atoms with Gasteiger partial charge in [0.1, 0.15) is 17.3 Å². The predicted molar refractivity (Wildman–Crippen MR) is 103 cm³/mol. The zero-order valence-corrected chi connectivity index (χ0v) is 15.7. The van der Waals surface area contributed by atoms with Gasteiger partial charge in [0.05, 0.1) is 12.7 Å². The molecule has 1 aliphatic rings. The highest BCUT2D eigenvalue weighted by atomic mass is 19.1. The van der Waals surface area contributed by atoms with Gasteiger partial charge >= 0.3 is 0 Å². The lowest BCUT2D eigenvalue weighted by Gasteiger charge is -2.15. The number of imide groups is 1. The van der Waals surface area contributed by atoms with Crippen molar-refractivity contribution >= 4 is 23.1 Å². The highest BCUT2D eigenvalue weighted by Gasteiger charge is 2.38. The molecular formula is C21H21FN2O4. The monoisotopic (exact) mass is 384 g/mol. The molecule has 6 nitrogen and oxygen atoms in total. The van der Waals surface area contributed by atoms with Gasteiger partial charge < -0.3 is 14.8 Å². The quantitative estimate of drug-likeness (QED) is 0.560. The first kappa shape index (κ1) is 19.6. The van der Waals surface area contributed by atoms with Crippen LogP contribution in [-0.4, -0.2) is 44.1 Å². The van der Waals surface area contributed by atoms with Crippen molar-refractivity contribution < 1.29 is 23.5 Å². The van der Waals surface area contributed by atoms with Crippen LogP contribution in [0, 0.1) is 5.82 Å². The maximum atomic E-state index is 13.3. The van der Waals surface area contributed by atoms with Gasteiger partial charge in [-0.2, -0.15) is 0 Å². The number of carbonyl (C=O) groups is 2. The molecule has 146 valence electrons. The summed E-state index contributed by atoms with van der Waals surface area (Å²) < 4.78 is 23.5. The third kappa shape index (κ3) is 4.04. The number of methoxy groups -OCH3 is 2. The predicted octanol–water partition coefficient (Wildman–Crippen LogP) is 3.06. The molecule has 0 radical (unpaired) electrons. The number of anilines is 1. The Kier molecular flexibility index (Phi) is 6.06. The molecule has 1 N–H and O–H groups in total. The van der Waals surface area contributed by atoms with Crippen molar-refractivity contribution in [3.8, 4) is 5.75 Å². The van der Waals surface area contributed by atoms with Crippen LogP contribution in [0.5, 0.6) is 5.75 Å². The minimum Gasteiger partial charge on any atom is -0.497 e. The fourth-order valence-corrected chi connectivity index (χ4v) is 2.97. The van der Waals surface area contributed by atoms with Gasteiger partial charge in [0.25, 0.3) is 11.8 Å². The molecule has 0 atom stereocenters. The SMILES string of the molecule is COCCCN1C(=O)C(Nc2ccc(OC)cc2)=C(c2ccc(F)cc2)C1=O. The van der Waals surface area contributed by atoms with Crippen molar-refractivity contribution in [2.45, 2.75) is 6.42 Å². The summed E-state index contributed by atoms with van der Waals surface area (Å²) in [4.78, 5) is 27.1. The summed E-state index contributed by atoms with van der Waals surface area (Å²) in [5.41, 5.74) is 1.50. The number of amides is 2. The van der Waals surface area contributed by atoms with E-state index in [4.69, 9.17) is 9.47 Å². The van der Waals surface area contributed by atoms with Gasteiger partial charge in [-0.15, -0.1) is 0 Å². The van der Waals surface area contributed by atoms with Crippen molar-refractivity contribution in [2.75, 3.05) is 32.7 Å². The zero-order valence-electron chi connectivity index (χ0n) is 15.7. The molecule has 0 unspecified atom stereocenters. The maximum absolute atomic E-state index is 13.3. The van der Waals surface area contributed by atoms with E-state index in [2.05, 4.69) is 5.32 Å². The third-order valence-electron chi connectivity index (χ3n) is 4.39.